The van der Waals surface area contributed by atoms with Crippen molar-refractivity contribution in [1.82, 2.24) is 9.29 Å². The molecule has 2 N–H and O–H groups in total. The first-order valence-corrected chi connectivity index (χ1v) is 8.38. The number of nitrogens with zero attached hydrogens (tertiary/aromatic N) is 1. The van der Waals surface area contributed by atoms with E-state index in [2.05, 4.69) is 4.72 Å². The SMILES string of the molecule is Cn1cc(S(=O)(=O)NCCC2CCCCO2)cc1CO. The number of aryl methyl sites for hydroxylation is 1. The number of sulfonamides is 1. The van der Waals surface area contributed by atoms with Gasteiger partial charge in [0.1, 0.15) is 0 Å². The van der Waals surface area contributed by atoms with Crippen molar-refractivity contribution in [2.75, 3.05) is 13.2 Å². The van der Waals surface area contributed by atoms with E-state index >= 15 is 0 Å². The summed E-state index contributed by atoms with van der Waals surface area (Å²) in [5.74, 6) is 0. The van der Waals surface area contributed by atoms with Gasteiger partial charge in [0.2, 0.25) is 10.0 Å². The molecule has 0 spiro atoms. The van der Waals surface area contributed by atoms with Crippen LogP contribution in [0.3, 0.4) is 0 Å². The smallest absolute Gasteiger partial charge is 0.242 e. The van der Waals surface area contributed by atoms with Crippen molar-refractivity contribution in [3.8, 4) is 0 Å². The second-order valence-corrected chi connectivity index (χ2v) is 6.88. The number of nitrogens with one attached hydrogen (secondary N) is 1. The van der Waals surface area contributed by atoms with E-state index in [0.29, 0.717) is 18.7 Å². The van der Waals surface area contributed by atoms with E-state index in [1.807, 2.05) is 0 Å². The lowest BCUT2D eigenvalue weighted by Crippen LogP contribution is -2.29. The summed E-state index contributed by atoms with van der Waals surface area (Å²) < 4.78 is 34.0. The molecular weight excluding hydrogens is 280 g/mol. The second-order valence-electron chi connectivity index (χ2n) is 5.11. The molecule has 1 aromatic rings. The van der Waals surface area contributed by atoms with Crippen molar-refractivity contribution in [2.24, 2.45) is 7.05 Å². The van der Waals surface area contributed by atoms with Gasteiger partial charge in [0, 0.05) is 32.1 Å². The van der Waals surface area contributed by atoms with Gasteiger partial charge >= 0.3 is 0 Å². The highest BCUT2D eigenvalue weighted by molar-refractivity contribution is 7.89. The quantitative estimate of drug-likeness (QED) is 0.813. The molecule has 1 atom stereocenters. The molecule has 0 radical (unpaired) electrons. The number of aromatic nitrogens is 1. The Kier molecular flexibility index (Phi) is 5.20. The summed E-state index contributed by atoms with van der Waals surface area (Å²) >= 11 is 0. The van der Waals surface area contributed by atoms with Crippen molar-refractivity contribution in [3.05, 3.63) is 18.0 Å². The Morgan fingerprint density at radius 1 is 1.50 bits per heavy atom. The molecule has 1 fully saturated rings. The zero-order chi connectivity index (χ0) is 14.6. The van der Waals surface area contributed by atoms with Gasteiger partial charge in [-0.1, -0.05) is 0 Å². The highest BCUT2D eigenvalue weighted by atomic mass is 32.2. The zero-order valence-corrected chi connectivity index (χ0v) is 12.5. The van der Waals surface area contributed by atoms with Gasteiger partial charge in [-0.3, -0.25) is 0 Å². The van der Waals surface area contributed by atoms with Crippen LogP contribution in [0.2, 0.25) is 0 Å². The van der Waals surface area contributed by atoms with Crippen LogP contribution in [0, 0.1) is 0 Å². The number of hydrogen-bond donors (Lipinski definition) is 2. The standard InChI is InChI=1S/C13H22N2O4S/c1-15-9-13(8-11(15)10-16)20(17,18)14-6-5-12-4-2-3-7-19-12/h8-9,12,14,16H,2-7,10H2,1H3. The van der Waals surface area contributed by atoms with Gasteiger partial charge in [0.25, 0.3) is 0 Å². The van der Waals surface area contributed by atoms with Crippen molar-refractivity contribution < 1.29 is 18.3 Å². The van der Waals surface area contributed by atoms with E-state index in [0.717, 1.165) is 25.9 Å². The minimum Gasteiger partial charge on any atom is -0.390 e. The van der Waals surface area contributed by atoms with Gasteiger partial charge in [-0.15, -0.1) is 0 Å². The summed E-state index contributed by atoms with van der Waals surface area (Å²) in [6.45, 7) is 0.967. The molecule has 1 unspecified atom stereocenters. The third-order valence-electron chi connectivity index (χ3n) is 3.59. The van der Waals surface area contributed by atoms with Gasteiger partial charge < -0.3 is 14.4 Å². The Bertz CT molecular complexity index is 533. The average molecular weight is 302 g/mol. The lowest BCUT2D eigenvalue weighted by molar-refractivity contribution is 0.0123. The molecule has 1 saturated heterocycles. The zero-order valence-electron chi connectivity index (χ0n) is 11.7. The maximum atomic E-state index is 12.1. The molecule has 20 heavy (non-hydrogen) atoms. The summed E-state index contributed by atoms with van der Waals surface area (Å²) in [7, 11) is -1.80. The van der Waals surface area contributed by atoms with E-state index in [-0.39, 0.29) is 17.6 Å². The highest BCUT2D eigenvalue weighted by Crippen LogP contribution is 2.16. The molecule has 0 bridgehead atoms. The van der Waals surface area contributed by atoms with E-state index in [9.17, 15) is 8.42 Å². The Labute approximate surface area is 119 Å². The molecule has 114 valence electrons. The summed E-state index contributed by atoms with van der Waals surface area (Å²) in [6, 6.07) is 1.49. The van der Waals surface area contributed by atoms with Gasteiger partial charge in [0.05, 0.1) is 17.6 Å². The number of hydrogen-bond acceptors (Lipinski definition) is 4. The van der Waals surface area contributed by atoms with Gasteiger partial charge in [-0.25, -0.2) is 13.1 Å². The molecular formula is C13H22N2O4S. The Morgan fingerprint density at radius 3 is 2.90 bits per heavy atom. The largest absolute Gasteiger partial charge is 0.390 e. The number of ether oxygens (including phenoxy) is 1. The maximum Gasteiger partial charge on any atom is 0.242 e. The minimum absolute atomic E-state index is 0.162. The number of rotatable bonds is 6. The van der Waals surface area contributed by atoms with Crippen LogP contribution in [0.1, 0.15) is 31.4 Å². The fraction of sp³-hybridized carbons (Fsp3) is 0.692. The van der Waals surface area contributed by atoms with Gasteiger partial charge in [-0.05, 0) is 31.7 Å². The van der Waals surface area contributed by atoms with Crippen molar-refractivity contribution in [3.63, 3.8) is 0 Å². The summed E-state index contributed by atoms with van der Waals surface area (Å²) in [4.78, 5) is 0.189. The van der Waals surface area contributed by atoms with Crippen molar-refractivity contribution in [1.29, 1.82) is 0 Å². The third-order valence-corrected chi connectivity index (χ3v) is 5.02. The fourth-order valence-electron chi connectivity index (χ4n) is 2.35. The van der Waals surface area contributed by atoms with Crippen LogP contribution in [-0.2, 0) is 28.4 Å². The molecule has 7 heteroatoms. The normalized spacial score (nSPS) is 20.2. The molecule has 0 saturated carbocycles. The van der Waals surface area contributed by atoms with Crippen LogP contribution in [0.15, 0.2) is 17.2 Å². The maximum absolute atomic E-state index is 12.1. The molecule has 0 aliphatic carbocycles. The van der Waals surface area contributed by atoms with E-state index in [1.165, 1.54) is 12.3 Å². The minimum atomic E-state index is -3.51. The predicted molar refractivity (Wildman–Crippen MR) is 74.7 cm³/mol. The first-order valence-electron chi connectivity index (χ1n) is 6.90. The molecule has 1 aromatic heterocycles. The van der Waals surface area contributed by atoms with Crippen LogP contribution in [0.25, 0.3) is 0 Å². The molecule has 0 amide bonds. The van der Waals surface area contributed by atoms with Crippen molar-refractivity contribution in [2.45, 2.75) is 43.3 Å². The van der Waals surface area contributed by atoms with Crippen LogP contribution in [0.4, 0.5) is 0 Å². The third kappa shape index (κ3) is 3.82. The summed E-state index contributed by atoms with van der Waals surface area (Å²) in [5, 5.41) is 9.09. The summed E-state index contributed by atoms with van der Waals surface area (Å²) in [5.41, 5.74) is 0.570. The Morgan fingerprint density at radius 2 is 2.30 bits per heavy atom. The second kappa shape index (κ2) is 6.71. The number of aliphatic hydroxyl groups excluding tert-OH is 1. The molecule has 2 rings (SSSR count). The van der Waals surface area contributed by atoms with Gasteiger partial charge in [0.15, 0.2) is 0 Å². The molecule has 0 aromatic carbocycles. The van der Waals surface area contributed by atoms with E-state index in [4.69, 9.17) is 9.84 Å². The van der Waals surface area contributed by atoms with E-state index in [1.54, 1.807) is 11.6 Å². The first-order chi connectivity index (χ1) is 9.53. The highest BCUT2D eigenvalue weighted by Gasteiger charge is 2.19. The van der Waals surface area contributed by atoms with Crippen LogP contribution >= 0.6 is 0 Å². The van der Waals surface area contributed by atoms with Gasteiger partial charge in [-0.2, -0.15) is 0 Å². The van der Waals surface area contributed by atoms with Crippen LogP contribution in [-0.4, -0.2) is 37.3 Å². The monoisotopic (exact) mass is 302 g/mol. The molecule has 1 aliphatic heterocycles. The molecule has 6 nitrogen and oxygen atoms in total. The lowest BCUT2D eigenvalue weighted by atomic mass is 10.1. The number of aliphatic hydroxyl groups is 1. The molecule has 1 aliphatic rings. The van der Waals surface area contributed by atoms with E-state index < -0.39 is 10.0 Å². The average Bonchev–Trinajstić information content (AvgIpc) is 2.82. The Balaban J connectivity index is 1.89. The lowest BCUT2D eigenvalue weighted by Gasteiger charge is -2.22. The molecule has 2 heterocycles. The van der Waals surface area contributed by atoms with Crippen LogP contribution < -0.4 is 4.72 Å². The Hall–Kier alpha value is -0.890. The summed E-state index contributed by atoms with van der Waals surface area (Å²) in [6.07, 6.45) is 5.60. The first kappa shape index (κ1) is 15.5. The predicted octanol–water partition coefficient (Wildman–Crippen LogP) is 0.755. The van der Waals surface area contributed by atoms with Crippen LogP contribution in [0.5, 0.6) is 0 Å². The van der Waals surface area contributed by atoms with Crippen molar-refractivity contribution >= 4 is 10.0 Å². The fourth-order valence-corrected chi connectivity index (χ4v) is 3.50. The topological polar surface area (TPSA) is 80.6 Å².